The standard InChI is InChI=1S/C10H19N3O4S/c1-10(2,3)17-9(14)13-7-8-6-11-4-5-12(8)18(13,15)16/h8,11H,4-7H2,1-3H3. The molecule has 0 aliphatic carbocycles. The molecule has 0 aromatic rings. The van der Waals surface area contributed by atoms with Gasteiger partial charge in [-0.3, -0.25) is 0 Å². The molecule has 0 aromatic heterocycles. The van der Waals surface area contributed by atoms with Gasteiger partial charge in [-0.1, -0.05) is 0 Å². The summed E-state index contributed by atoms with van der Waals surface area (Å²) >= 11 is 0. The van der Waals surface area contributed by atoms with Crippen LogP contribution in [0.1, 0.15) is 20.8 Å². The minimum atomic E-state index is -3.71. The highest BCUT2D eigenvalue weighted by molar-refractivity contribution is 7.87. The Morgan fingerprint density at radius 1 is 1.39 bits per heavy atom. The predicted octanol–water partition coefficient (Wildman–Crippen LogP) is -0.244. The highest BCUT2D eigenvalue weighted by atomic mass is 32.2. The minimum Gasteiger partial charge on any atom is -0.443 e. The van der Waals surface area contributed by atoms with E-state index in [2.05, 4.69) is 5.32 Å². The van der Waals surface area contributed by atoms with Gasteiger partial charge >= 0.3 is 16.3 Å². The molecule has 7 nitrogen and oxygen atoms in total. The third-order valence-electron chi connectivity index (χ3n) is 2.84. The molecule has 1 unspecified atom stereocenters. The molecule has 2 aliphatic rings. The quantitative estimate of drug-likeness (QED) is 0.661. The minimum absolute atomic E-state index is 0.157. The molecule has 2 saturated heterocycles. The topological polar surface area (TPSA) is 79.0 Å². The Labute approximate surface area is 107 Å². The van der Waals surface area contributed by atoms with E-state index in [-0.39, 0.29) is 12.6 Å². The first-order valence-corrected chi connectivity index (χ1v) is 7.35. The number of carbonyl (C=O) groups is 1. The number of fused-ring (bicyclic) bond motifs is 1. The van der Waals surface area contributed by atoms with Gasteiger partial charge in [-0.05, 0) is 20.8 Å². The fourth-order valence-electron chi connectivity index (χ4n) is 2.10. The van der Waals surface area contributed by atoms with Gasteiger partial charge in [0.25, 0.3) is 0 Å². The molecular formula is C10H19N3O4S. The smallest absolute Gasteiger partial charge is 0.425 e. The fraction of sp³-hybridized carbons (Fsp3) is 0.900. The lowest BCUT2D eigenvalue weighted by Crippen LogP contribution is -2.50. The molecule has 0 radical (unpaired) electrons. The lowest BCUT2D eigenvalue weighted by atomic mass is 10.2. The summed E-state index contributed by atoms with van der Waals surface area (Å²) in [5.41, 5.74) is -0.700. The Bertz CT molecular complexity index is 443. The zero-order chi connectivity index (χ0) is 13.6. The zero-order valence-corrected chi connectivity index (χ0v) is 11.7. The molecule has 1 N–H and O–H groups in total. The maximum absolute atomic E-state index is 12.2. The number of rotatable bonds is 0. The zero-order valence-electron chi connectivity index (χ0n) is 10.8. The van der Waals surface area contributed by atoms with Crippen LogP contribution in [-0.2, 0) is 14.9 Å². The normalized spacial score (nSPS) is 27.9. The van der Waals surface area contributed by atoms with Crippen LogP contribution in [0.25, 0.3) is 0 Å². The van der Waals surface area contributed by atoms with E-state index in [0.717, 1.165) is 4.31 Å². The second kappa shape index (κ2) is 4.36. The highest BCUT2D eigenvalue weighted by Crippen LogP contribution is 2.25. The molecule has 1 amide bonds. The van der Waals surface area contributed by atoms with E-state index in [1.165, 1.54) is 4.31 Å². The number of nitrogens with zero attached hydrogens (tertiary/aromatic N) is 2. The van der Waals surface area contributed by atoms with Crippen LogP contribution < -0.4 is 5.32 Å². The second-order valence-electron chi connectivity index (χ2n) is 5.49. The van der Waals surface area contributed by atoms with E-state index >= 15 is 0 Å². The summed E-state index contributed by atoms with van der Waals surface area (Å²) in [5, 5.41) is 3.12. The van der Waals surface area contributed by atoms with Crippen molar-refractivity contribution in [3.05, 3.63) is 0 Å². The van der Waals surface area contributed by atoms with Crippen LogP contribution >= 0.6 is 0 Å². The number of hydrogen-bond donors (Lipinski definition) is 1. The van der Waals surface area contributed by atoms with Gasteiger partial charge in [0.2, 0.25) is 0 Å². The third kappa shape index (κ3) is 2.45. The summed E-state index contributed by atoms with van der Waals surface area (Å²) in [6, 6.07) is -0.184. The van der Waals surface area contributed by atoms with Crippen LogP contribution in [0.5, 0.6) is 0 Å². The van der Waals surface area contributed by atoms with Crippen LogP contribution in [0.3, 0.4) is 0 Å². The second-order valence-corrected chi connectivity index (χ2v) is 7.29. The van der Waals surface area contributed by atoms with Crippen molar-refractivity contribution >= 4 is 16.3 Å². The molecule has 0 spiro atoms. The molecule has 2 aliphatic heterocycles. The lowest BCUT2D eigenvalue weighted by Gasteiger charge is -2.27. The van der Waals surface area contributed by atoms with Crippen molar-refractivity contribution in [2.75, 3.05) is 26.2 Å². The summed E-state index contributed by atoms with van der Waals surface area (Å²) in [4.78, 5) is 11.9. The summed E-state index contributed by atoms with van der Waals surface area (Å²) in [6.45, 7) is 6.86. The van der Waals surface area contributed by atoms with Crippen molar-refractivity contribution in [2.24, 2.45) is 0 Å². The van der Waals surface area contributed by atoms with E-state index in [4.69, 9.17) is 4.74 Å². The molecule has 18 heavy (non-hydrogen) atoms. The number of nitrogens with one attached hydrogen (secondary N) is 1. The summed E-state index contributed by atoms with van der Waals surface area (Å²) in [7, 11) is -3.71. The van der Waals surface area contributed by atoms with E-state index in [1.807, 2.05) is 0 Å². The molecule has 0 aromatic carbocycles. The van der Waals surface area contributed by atoms with Crippen molar-refractivity contribution in [3.63, 3.8) is 0 Å². The maximum atomic E-state index is 12.2. The first-order valence-electron chi connectivity index (χ1n) is 5.95. The molecule has 8 heteroatoms. The van der Waals surface area contributed by atoms with E-state index in [1.54, 1.807) is 20.8 Å². The van der Waals surface area contributed by atoms with Gasteiger partial charge in [0.1, 0.15) is 5.60 Å². The van der Waals surface area contributed by atoms with Gasteiger partial charge in [0.15, 0.2) is 0 Å². The molecule has 2 fully saturated rings. The molecule has 0 saturated carbocycles. The van der Waals surface area contributed by atoms with E-state index < -0.39 is 21.9 Å². The van der Waals surface area contributed by atoms with Crippen LogP contribution in [0, 0.1) is 0 Å². The summed E-state index contributed by atoms with van der Waals surface area (Å²) in [6.07, 6.45) is -0.795. The summed E-state index contributed by atoms with van der Waals surface area (Å²) < 4.78 is 31.7. The van der Waals surface area contributed by atoms with Gasteiger partial charge in [0, 0.05) is 19.6 Å². The Morgan fingerprint density at radius 2 is 2.06 bits per heavy atom. The van der Waals surface area contributed by atoms with Crippen LogP contribution in [0.15, 0.2) is 0 Å². The number of piperazine rings is 1. The average molecular weight is 277 g/mol. The molecule has 2 heterocycles. The highest BCUT2D eigenvalue weighted by Gasteiger charge is 2.48. The van der Waals surface area contributed by atoms with Crippen molar-refractivity contribution < 1.29 is 17.9 Å². The average Bonchev–Trinajstić information content (AvgIpc) is 2.49. The summed E-state index contributed by atoms with van der Waals surface area (Å²) in [5.74, 6) is 0. The van der Waals surface area contributed by atoms with Gasteiger partial charge in [0.05, 0.1) is 12.6 Å². The fourth-order valence-corrected chi connectivity index (χ4v) is 3.77. The molecule has 1 atom stereocenters. The van der Waals surface area contributed by atoms with Gasteiger partial charge in [-0.15, -0.1) is 0 Å². The first kappa shape index (κ1) is 13.6. The van der Waals surface area contributed by atoms with E-state index in [0.29, 0.717) is 19.6 Å². The monoisotopic (exact) mass is 277 g/mol. The van der Waals surface area contributed by atoms with Crippen LogP contribution in [0.4, 0.5) is 4.79 Å². The number of hydrogen-bond acceptors (Lipinski definition) is 5. The van der Waals surface area contributed by atoms with Gasteiger partial charge in [-0.2, -0.15) is 17.0 Å². The van der Waals surface area contributed by atoms with Gasteiger partial charge < -0.3 is 10.1 Å². The first-order chi connectivity index (χ1) is 8.22. The predicted molar refractivity (Wildman–Crippen MR) is 65.2 cm³/mol. The van der Waals surface area contributed by atoms with Crippen molar-refractivity contribution in [2.45, 2.75) is 32.4 Å². The molecular weight excluding hydrogens is 258 g/mol. The third-order valence-corrected chi connectivity index (χ3v) is 4.77. The Morgan fingerprint density at radius 3 is 2.61 bits per heavy atom. The molecule has 0 bridgehead atoms. The maximum Gasteiger partial charge on any atom is 0.425 e. The Kier molecular flexibility index (Phi) is 3.28. The van der Waals surface area contributed by atoms with Crippen molar-refractivity contribution in [1.29, 1.82) is 0 Å². The van der Waals surface area contributed by atoms with E-state index in [9.17, 15) is 13.2 Å². The number of carbonyl (C=O) groups excluding carboxylic acids is 1. The number of amides is 1. The SMILES string of the molecule is CC(C)(C)OC(=O)N1CC2CNCCN2S1(=O)=O. The Balaban J connectivity index is 2.17. The van der Waals surface area contributed by atoms with Gasteiger partial charge in [-0.25, -0.2) is 4.79 Å². The van der Waals surface area contributed by atoms with Crippen LogP contribution in [0.2, 0.25) is 0 Å². The lowest BCUT2D eigenvalue weighted by molar-refractivity contribution is 0.0398. The Hall–Kier alpha value is -0.860. The largest absolute Gasteiger partial charge is 0.443 e. The van der Waals surface area contributed by atoms with Crippen molar-refractivity contribution in [1.82, 2.24) is 13.9 Å². The van der Waals surface area contributed by atoms with Crippen LogP contribution in [-0.4, -0.2) is 60.9 Å². The van der Waals surface area contributed by atoms with Crippen molar-refractivity contribution in [3.8, 4) is 0 Å². The molecule has 2 rings (SSSR count). The number of ether oxygens (including phenoxy) is 1. The molecule has 104 valence electrons.